The van der Waals surface area contributed by atoms with Crippen LogP contribution in [0.5, 0.6) is 23.0 Å². The summed E-state index contributed by atoms with van der Waals surface area (Å²) in [4.78, 5) is 12.3. The van der Waals surface area contributed by atoms with E-state index in [0.29, 0.717) is 47.8 Å². The van der Waals surface area contributed by atoms with Crippen molar-refractivity contribution in [3.8, 4) is 23.0 Å². The maximum Gasteiger partial charge on any atom is 0.315 e. The van der Waals surface area contributed by atoms with E-state index in [1.807, 2.05) is 31.2 Å². The Morgan fingerprint density at radius 2 is 1.89 bits per heavy atom. The molecule has 2 heterocycles. The molecule has 0 bridgehead atoms. The summed E-state index contributed by atoms with van der Waals surface area (Å²) in [6.07, 6.45) is 0.804. The van der Waals surface area contributed by atoms with Crippen LogP contribution in [0.1, 0.15) is 30.5 Å². The normalized spacial score (nSPS) is 15.5. The van der Waals surface area contributed by atoms with Crippen molar-refractivity contribution in [1.82, 2.24) is 10.6 Å². The van der Waals surface area contributed by atoms with E-state index < -0.39 is 0 Å². The number of amides is 2. The summed E-state index contributed by atoms with van der Waals surface area (Å²) in [6, 6.07) is 8.76. The third-order valence-corrected chi connectivity index (χ3v) is 4.84. The lowest BCUT2D eigenvalue weighted by Gasteiger charge is -2.16. The maximum absolute atomic E-state index is 12.3. The van der Waals surface area contributed by atoms with Crippen molar-refractivity contribution in [3.63, 3.8) is 0 Å². The number of rotatable bonds is 4. The van der Waals surface area contributed by atoms with Gasteiger partial charge in [-0.3, -0.25) is 0 Å². The first-order chi connectivity index (χ1) is 13.6. The predicted octanol–water partition coefficient (Wildman–Crippen LogP) is 3.79. The van der Waals surface area contributed by atoms with Gasteiger partial charge in [0.1, 0.15) is 0 Å². The fourth-order valence-corrected chi connectivity index (χ4v) is 3.37. The standard InChI is InChI=1S/C20H21ClN2O5/c1-12(14-3-4-16-17(9-14)28-11-27-16)23-20(24)22-10-13-7-15(21)19-18(8-13)25-5-2-6-26-19/h3-4,7-9,12H,2,5-6,10-11H2,1H3,(H2,22,23,24)/t12-/m0/s1. The highest BCUT2D eigenvalue weighted by atomic mass is 35.5. The molecule has 4 rings (SSSR count). The molecule has 0 unspecified atom stereocenters. The summed E-state index contributed by atoms with van der Waals surface area (Å²) in [5.74, 6) is 2.57. The minimum atomic E-state index is -0.284. The molecular weight excluding hydrogens is 384 g/mol. The largest absolute Gasteiger partial charge is 0.489 e. The van der Waals surface area contributed by atoms with Crippen molar-refractivity contribution in [2.45, 2.75) is 25.9 Å². The Balaban J connectivity index is 1.35. The quantitative estimate of drug-likeness (QED) is 0.810. The highest BCUT2D eigenvalue weighted by Crippen LogP contribution is 2.38. The fraction of sp³-hybridized carbons (Fsp3) is 0.350. The summed E-state index contributed by atoms with van der Waals surface area (Å²) in [7, 11) is 0. The summed E-state index contributed by atoms with van der Waals surface area (Å²) in [5, 5.41) is 6.23. The highest BCUT2D eigenvalue weighted by Gasteiger charge is 2.18. The van der Waals surface area contributed by atoms with Crippen molar-refractivity contribution in [3.05, 3.63) is 46.5 Å². The van der Waals surface area contributed by atoms with Crippen LogP contribution in [-0.2, 0) is 6.54 Å². The molecular formula is C20H21ClN2O5. The van der Waals surface area contributed by atoms with Gasteiger partial charge >= 0.3 is 6.03 Å². The van der Waals surface area contributed by atoms with Crippen LogP contribution < -0.4 is 29.6 Å². The number of benzene rings is 2. The van der Waals surface area contributed by atoms with Crippen LogP contribution in [0.25, 0.3) is 0 Å². The van der Waals surface area contributed by atoms with Gasteiger partial charge in [0.2, 0.25) is 6.79 Å². The molecule has 2 aliphatic heterocycles. The van der Waals surface area contributed by atoms with Crippen LogP contribution >= 0.6 is 11.6 Å². The Hall–Kier alpha value is -2.80. The molecule has 0 radical (unpaired) electrons. The lowest BCUT2D eigenvalue weighted by molar-refractivity contribution is 0.174. The Bertz CT molecular complexity index is 889. The van der Waals surface area contributed by atoms with Gasteiger partial charge in [-0.2, -0.15) is 0 Å². The van der Waals surface area contributed by atoms with Crippen LogP contribution in [-0.4, -0.2) is 26.0 Å². The van der Waals surface area contributed by atoms with Crippen LogP contribution in [0.4, 0.5) is 4.79 Å². The zero-order chi connectivity index (χ0) is 19.5. The summed E-state index contributed by atoms with van der Waals surface area (Å²) >= 11 is 6.29. The van der Waals surface area contributed by atoms with Gasteiger partial charge in [0.05, 0.1) is 24.3 Å². The van der Waals surface area contributed by atoms with E-state index in [-0.39, 0.29) is 18.9 Å². The monoisotopic (exact) mass is 404 g/mol. The summed E-state index contributed by atoms with van der Waals surface area (Å²) in [6.45, 7) is 3.59. The lowest BCUT2D eigenvalue weighted by atomic mass is 10.1. The number of hydrogen-bond acceptors (Lipinski definition) is 5. The average Bonchev–Trinajstić information content (AvgIpc) is 3.02. The molecule has 0 aliphatic carbocycles. The summed E-state index contributed by atoms with van der Waals surface area (Å²) < 4.78 is 22.0. The third-order valence-electron chi connectivity index (χ3n) is 4.56. The van der Waals surface area contributed by atoms with Crippen LogP contribution in [0.15, 0.2) is 30.3 Å². The first kappa shape index (κ1) is 18.6. The maximum atomic E-state index is 12.3. The SMILES string of the molecule is C[C@H](NC(=O)NCc1cc(Cl)c2c(c1)OCCCO2)c1ccc2c(c1)OCO2. The molecule has 2 aromatic rings. The van der Waals surface area contributed by atoms with Crippen LogP contribution in [0.2, 0.25) is 5.02 Å². The van der Waals surface area contributed by atoms with Crippen molar-refractivity contribution in [2.24, 2.45) is 0 Å². The van der Waals surface area contributed by atoms with Crippen molar-refractivity contribution in [2.75, 3.05) is 20.0 Å². The number of carbonyl (C=O) groups is 1. The van der Waals surface area contributed by atoms with E-state index in [9.17, 15) is 4.79 Å². The van der Waals surface area contributed by atoms with Crippen molar-refractivity contribution < 1.29 is 23.7 Å². The van der Waals surface area contributed by atoms with Gasteiger partial charge in [-0.1, -0.05) is 17.7 Å². The molecule has 1 atom stereocenters. The zero-order valence-electron chi connectivity index (χ0n) is 15.4. The molecule has 0 spiro atoms. The third kappa shape index (κ3) is 4.04. The molecule has 7 nitrogen and oxygen atoms in total. The van der Waals surface area contributed by atoms with E-state index in [0.717, 1.165) is 17.5 Å². The highest BCUT2D eigenvalue weighted by molar-refractivity contribution is 6.32. The Morgan fingerprint density at radius 1 is 1.07 bits per heavy atom. The van der Waals surface area contributed by atoms with Crippen LogP contribution in [0.3, 0.4) is 0 Å². The van der Waals surface area contributed by atoms with E-state index in [2.05, 4.69) is 10.6 Å². The molecule has 8 heteroatoms. The Kier molecular flexibility index (Phi) is 5.34. The number of nitrogens with one attached hydrogen (secondary N) is 2. The number of carbonyl (C=O) groups excluding carboxylic acids is 1. The van der Waals surface area contributed by atoms with E-state index in [4.69, 9.17) is 30.5 Å². The number of ether oxygens (including phenoxy) is 4. The van der Waals surface area contributed by atoms with Gasteiger partial charge in [-0.25, -0.2) is 4.79 Å². The van der Waals surface area contributed by atoms with Gasteiger partial charge in [0.15, 0.2) is 23.0 Å². The van der Waals surface area contributed by atoms with Crippen molar-refractivity contribution >= 4 is 17.6 Å². The first-order valence-corrected chi connectivity index (χ1v) is 9.50. The number of fused-ring (bicyclic) bond motifs is 2. The average molecular weight is 405 g/mol. The van der Waals surface area contributed by atoms with Crippen LogP contribution in [0, 0.1) is 0 Å². The Morgan fingerprint density at radius 3 is 2.79 bits per heavy atom. The van der Waals surface area contributed by atoms with Gasteiger partial charge in [-0.15, -0.1) is 0 Å². The molecule has 0 saturated heterocycles. The molecule has 28 heavy (non-hydrogen) atoms. The van der Waals surface area contributed by atoms with Gasteiger partial charge < -0.3 is 29.6 Å². The molecule has 0 aromatic heterocycles. The van der Waals surface area contributed by atoms with E-state index in [1.54, 1.807) is 6.07 Å². The molecule has 2 aliphatic rings. The van der Waals surface area contributed by atoms with Gasteiger partial charge in [0, 0.05) is 13.0 Å². The molecule has 2 aromatic carbocycles. The van der Waals surface area contributed by atoms with Gasteiger partial charge in [-0.05, 0) is 42.3 Å². The number of hydrogen-bond donors (Lipinski definition) is 2. The fourth-order valence-electron chi connectivity index (χ4n) is 3.08. The first-order valence-electron chi connectivity index (χ1n) is 9.12. The number of halogens is 1. The zero-order valence-corrected chi connectivity index (χ0v) is 16.2. The lowest BCUT2D eigenvalue weighted by Crippen LogP contribution is -2.36. The van der Waals surface area contributed by atoms with Gasteiger partial charge in [0.25, 0.3) is 0 Å². The second kappa shape index (κ2) is 8.06. The summed E-state index contributed by atoms with van der Waals surface area (Å²) in [5.41, 5.74) is 1.76. The second-order valence-corrected chi connectivity index (χ2v) is 7.02. The Labute approximate surface area is 167 Å². The second-order valence-electron chi connectivity index (χ2n) is 6.62. The molecule has 148 valence electrons. The van der Waals surface area contributed by atoms with E-state index in [1.165, 1.54) is 0 Å². The molecule has 0 fully saturated rings. The minimum absolute atomic E-state index is 0.193. The van der Waals surface area contributed by atoms with Crippen molar-refractivity contribution in [1.29, 1.82) is 0 Å². The molecule has 2 amide bonds. The predicted molar refractivity (Wildman–Crippen MR) is 103 cm³/mol. The smallest absolute Gasteiger partial charge is 0.315 e. The minimum Gasteiger partial charge on any atom is -0.489 e. The molecule has 2 N–H and O–H groups in total. The number of urea groups is 1. The molecule has 0 saturated carbocycles. The topological polar surface area (TPSA) is 78.1 Å². The van der Waals surface area contributed by atoms with E-state index >= 15 is 0 Å².